The van der Waals surface area contributed by atoms with E-state index in [2.05, 4.69) is 12.0 Å². The number of hydrogen-bond acceptors (Lipinski definition) is 6. The minimum atomic E-state index is -3.89. The average molecular weight is 569 g/mol. The van der Waals surface area contributed by atoms with Crippen molar-refractivity contribution in [2.45, 2.75) is 39.0 Å². The molecule has 0 bridgehead atoms. The van der Waals surface area contributed by atoms with Crippen LogP contribution in [0, 0.1) is 0 Å². The Balaban J connectivity index is 1.62. The van der Waals surface area contributed by atoms with E-state index in [4.69, 9.17) is 16.3 Å². The minimum absolute atomic E-state index is 0.238. The van der Waals surface area contributed by atoms with Crippen LogP contribution in [0.1, 0.15) is 42.9 Å². The van der Waals surface area contributed by atoms with Crippen LogP contribution < -0.4 is 10.4 Å². The SMILES string of the molecule is CCCCc1nn(-c2ccccc2Cl)c(=O)n1Cc1ccc(OC(c2ccccc2)N(C=O)S(C)(=O)=O)cc1. The van der Waals surface area contributed by atoms with Crippen molar-refractivity contribution in [1.82, 2.24) is 18.7 Å². The molecule has 0 spiro atoms. The van der Waals surface area contributed by atoms with Gasteiger partial charge in [0.05, 0.1) is 23.5 Å². The molecule has 3 aromatic carbocycles. The summed E-state index contributed by atoms with van der Waals surface area (Å²) in [5.74, 6) is 1.01. The molecule has 1 heterocycles. The lowest BCUT2D eigenvalue weighted by Crippen LogP contribution is -2.36. The van der Waals surface area contributed by atoms with E-state index in [1.807, 2.05) is 0 Å². The molecule has 1 aromatic heterocycles. The number of aromatic nitrogens is 3. The Kier molecular flexibility index (Phi) is 8.88. The first-order valence-electron chi connectivity index (χ1n) is 12.4. The maximum absolute atomic E-state index is 13.4. The summed E-state index contributed by atoms with van der Waals surface area (Å²) >= 11 is 6.34. The number of benzene rings is 3. The zero-order chi connectivity index (χ0) is 28.0. The van der Waals surface area contributed by atoms with Crippen LogP contribution in [0.4, 0.5) is 0 Å². The number of para-hydroxylation sites is 1. The number of aryl methyl sites for hydroxylation is 1. The number of amides is 1. The van der Waals surface area contributed by atoms with Crippen LogP contribution in [-0.2, 0) is 27.8 Å². The molecule has 4 aromatic rings. The zero-order valence-electron chi connectivity index (χ0n) is 21.6. The summed E-state index contributed by atoms with van der Waals surface area (Å²) in [7, 11) is -3.89. The molecule has 0 aliphatic carbocycles. The summed E-state index contributed by atoms with van der Waals surface area (Å²) in [6, 6.07) is 22.6. The molecule has 39 heavy (non-hydrogen) atoms. The molecule has 0 fully saturated rings. The second-order valence-electron chi connectivity index (χ2n) is 8.97. The Bertz CT molecular complexity index is 1580. The van der Waals surface area contributed by atoms with Gasteiger partial charge < -0.3 is 4.74 Å². The van der Waals surface area contributed by atoms with E-state index in [9.17, 15) is 18.0 Å². The van der Waals surface area contributed by atoms with Gasteiger partial charge in [0.2, 0.25) is 22.7 Å². The number of nitrogens with zero attached hydrogens (tertiary/aromatic N) is 4. The summed E-state index contributed by atoms with van der Waals surface area (Å²) in [5.41, 5.74) is 1.53. The predicted molar refractivity (Wildman–Crippen MR) is 150 cm³/mol. The molecular formula is C28H29ClN4O5S. The molecular weight excluding hydrogens is 540 g/mol. The molecule has 0 N–H and O–H groups in total. The topological polar surface area (TPSA) is 104 Å². The third-order valence-electron chi connectivity index (χ3n) is 6.09. The highest BCUT2D eigenvalue weighted by Crippen LogP contribution is 2.27. The molecule has 1 unspecified atom stereocenters. The van der Waals surface area contributed by atoms with Crippen LogP contribution in [-0.4, -0.2) is 39.7 Å². The van der Waals surface area contributed by atoms with Crippen LogP contribution in [0.25, 0.3) is 5.69 Å². The summed E-state index contributed by atoms with van der Waals surface area (Å²) in [6.07, 6.45) is 2.47. The Morgan fingerprint density at radius 1 is 1.03 bits per heavy atom. The normalized spacial score (nSPS) is 12.2. The van der Waals surface area contributed by atoms with Gasteiger partial charge in [-0.05, 0) is 36.2 Å². The number of unbranched alkanes of at least 4 members (excludes halogenated alkanes) is 1. The Morgan fingerprint density at radius 2 is 1.69 bits per heavy atom. The van der Waals surface area contributed by atoms with E-state index in [0.717, 1.165) is 24.7 Å². The van der Waals surface area contributed by atoms with Crippen molar-refractivity contribution >= 4 is 28.0 Å². The largest absolute Gasteiger partial charge is 0.465 e. The number of ether oxygens (including phenoxy) is 1. The highest BCUT2D eigenvalue weighted by molar-refractivity contribution is 7.88. The maximum atomic E-state index is 13.4. The fraction of sp³-hybridized carbons (Fsp3) is 0.250. The fourth-order valence-electron chi connectivity index (χ4n) is 4.07. The number of sulfonamides is 1. The molecule has 1 atom stereocenters. The predicted octanol–water partition coefficient (Wildman–Crippen LogP) is 4.57. The van der Waals surface area contributed by atoms with Crippen molar-refractivity contribution in [3.63, 3.8) is 0 Å². The molecule has 0 saturated heterocycles. The van der Waals surface area contributed by atoms with Crippen LogP contribution in [0.3, 0.4) is 0 Å². The van der Waals surface area contributed by atoms with Crippen LogP contribution in [0.2, 0.25) is 5.02 Å². The van der Waals surface area contributed by atoms with Gasteiger partial charge in [-0.3, -0.25) is 9.36 Å². The van der Waals surface area contributed by atoms with Gasteiger partial charge in [0.15, 0.2) is 0 Å². The van der Waals surface area contributed by atoms with Crippen molar-refractivity contribution in [2.75, 3.05) is 6.26 Å². The first-order chi connectivity index (χ1) is 18.7. The van der Waals surface area contributed by atoms with Crippen molar-refractivity contribution in [2.24, 2.45) is 0 Å². The zero-order valence-corrected chi connectivity index (χ0v) is 23.2. The van der Waals surface area contributed by atoms with E-state index in [0.29, 0.717) is 38.6 Å². The standard InChI is InChI=1S/C28H29ClN4O5S/c1-3-4-14-26-30-33(25-13-9-8-12-24(25)29)28(35)31(26)19-21-15-17-23(18-16-21)38-27(22-10-6-5-7-11-22)32(20-34)39(2,36)37/h5-13,15-18,20,27H,3-4,14,19H2,1-2H3. The van der Waals surface area contributed by atoms with Crippen molar-refractivity contribution in [1.29, 1.82) is 0 Å². The average Bonchev–Trinajstić information content (AvgIpc) is 3.22. The van der Waals surface area contributed by atoms with E-state index in [-0.39, 0.29) is 18.6 Å². The van der Waals surface area contributed by atoms with Gasteiger partial charge in [-0.15, -0.1) is 5.10 Å². The summed E-state index contributed by atoms with van der Waals surface area (Å²) < 4.78 is 34.1. The van der Waals surface area contributed by atoms with Gasteiger partial charge in [0, 0.05) is 12.0 Å². The summed E-state index contributed by atoms with van der Waals surface area (Å²) in [5, 5.41) is 5.01. The summed E-state index contributed by atoms with van der Waals surface area (Å²) in [4.78, 5) is 25.1. The Hall–Kier alpha value is -3.89. The first-order valence-corrected chi connectivity index (χ1v) is 14.6. The molecule has 1 amide bonds. The molecule has 11 heteroatoms. The quantitative estimate of drug-likeness (QED) is 0.183. The molecule has 0 radical (unpaired) electrons. The van der Waals surface area contributed by atoms with Gasteiger partial charge >= 0.3 is 5.69 Å². The lowest BCUT2D eigenvalue weighted by molar-refractivity contribution is -0.119. The Labute approximate surface area is 232 Å². The molecule has 0 aliphatic heterocycles. The second-order valence-corrected chi connectivity index (χ2v) is 11.3. The lowest BCUT2D eigenvalue weighted by Gasteiger charge is -2.27. The van der Waals surface area contributed by atoms with E-state index in [1.165, 1.54) is 4.68 Å². The number of rotatable bonds is 12. The third-order valence-corrected chi connectivity index (χ3v) is 7.45. The molecule has 4 rings (SSSR count). The number of carbonyl (C=O) groups is 1. The number of hydrogen-bond donors (Lipinski definition) is 0. The molecule has 204 valence electrons. The van der Waals surface area contributed by atoms with Gasteiger partial charge in [-0.25, -0.2) is 13.2 Å². The van der Waals surface area contributed by atoms with E-state index < -0.39 is 16.3 Å². The summed E-state index contributed by atoms with van der Waals surface area (Å²) in [6.45, 7) is 2.35. The first kappa shape index (κ1) is 28.1. The highest BCUT2D eigenvalue weighted by Gasteiger charge is 2.28. The van der Waals surface area contributed by atoms with Crippen LogP contribution in [0.15, 0.2) is 83.7 Å². The van der Waals surface area contributed by atoms with Crippen molar-refractivity contribution in [3.05, 3.63) is 111 Å². The third kappa shape index (κ3) is 6.58. The second kappa shape index (κ2) is 12.3. The van der Waals surface area contributed by atoms with E-state index in [1.54, 1.807) is 83.4 Å². The number of halogens is 1. The minimum Gasteiger partial charge on any atom is -0.465 e. The van der Waals surface area contributed by atoms with E-state index >= 15 is 0 Å². The van der Waals surface area contributed by atoms with Crippen molar-refractivity contribution in [3.8, 4) is 11.4 Å². The van der Waals surface area contributed by atoms with Gasteiger partial charge in [0.1, 0.15) is 11.6 Å². The molecule has 0 saturated carbocycles. The van der Waals surface area contributed by atoms with Gasteiger partial charge in [-0.1, -0.05) is 79.5 Å². The van der Waals surface area contributed by atoms with Gasteiger partial charge in [0.25, 0.3) is 0 Å². The fourth-order valence-corrected chi connectivity index (χ4v) is 4.96. The highest BCUT2D eigenvalue weighted by atomic mass is 35.5. The monoisotopic (exact) mass is 568 g/mol. The number of carbonyl (C=O) groups excluding carboxylic acids is 1. The maximum Gasteiger partial charge on any atom is 0.351 e. The lowest BCUT2D eigenvalue weighted by atomic mass is 10.2. The Morgan fingerprint density at radius 3 is 2.31 bits per heavy atom. The molecule has 9 nitrogen and oxygen atoms in total. The molecule has 0 aliphatic rings. The smallest absolute Gasteiger partial charge is 0.351 e. The van der Waals surface area contributed by atoms with Crippen LogP contribution in [0.5, 0.6) is 5.75 Å². The van der Waals surface area contributed by atoms with Gasteiger partial charge in [-0.2, -0.15) is 8.99 Å². The van der Waals surface area contributed by atoms with Crippen LogP contribution >= 0.6 is 11.6 Å². The van der Waals surface area contributed by atoms with Crippen molar-refractivity contribution < 1.29 is 17.9 Å².